The van der Waals surface area contributed by atoms with E-state index in [0.717, 1.165) is 16.0 Å². The summed E-state index contributed by atoms with van der Waals surface area (Å²) in [6.45, 7) is 2.22. The SMILES string of the molecule is Cc1ncc(CNC(=O)c2ccc([N+](=O)[O-])cc2Cl)s1. The number of carbonyl (C=O) groups is 1. The maximum absolute atomic E-state index is 11.9. The molecule has 1 N–H and O–H groups in total. The van der Waals surface area contributed by atoms with Crippen LogP contribution in [0.4, 0.5) is 5.69 Å². The minimum atomic E-state index is -0.562. The van der Waals surface area contributed by atoms with Gasteiger partial charge in [0.1, 0.15) is 0 Å². The zero-order valence-electron chi connectivity index (χ0n) is 10.4. The van der Waals surface area contributed by atoms with E-state index in [-0.39, 0.29) is 22.2 Å². The van der Waals surface area contributed by atoms with E-state index < -0.39 is 4.92 Å². The number of aryl methyl sites for hydroxylation is 1. The predicted molar refractivity (Wildman–Crippen MR) is 76.1 cm³/mol. The molecule has 1 heterocycles. The second-order valence-corrected chi connectivity index (χ2v) is 5.68. The number of rotatable bonds is 4. The molecule has 2 aromatic rings. The number of thiazole rings is 1. The highest BCUT2D eigenvalue weighted by Gasteiger charge is 2.14. The molecule has 0 fully saturated rings. The Balaban J connectivity index is 2.07. The number of benzene rings is 1. The van der Waals surface area contributed by atoms with E-state index >= 15 is 0 Å². The summed E-state index contributed by atoms with van der Waals surface area (Å²) in [5.74, 6) is -0.379. The lowest BCUT2D eigenvalue weighted by molar-refractivity contribution is -0.384. The third-order valence-electron chi connectivity index (χ3n) is 2.50. The summed E-state index contributed by atoms with van der Waals surface area (Å²) >= 11 is 7.37. The van der Waals surface area contributed by atoms with Gasteiger partial charge < -0.3 is 5.32 Å². The van der Waals surface area contributed by atoms with Gasteiger partial charge in [0.05, 0.1) is 27.1 Å². The number of non-ortho nitro benzene ring substituents is 1. The third-order valence-corrected chi connectivity index (χ3v) is 3.73. The monoisotopic (exact) mass is 311 g/mol. The molecule has 0 saturated heterocycles. The number of aromatic nitrogens is 1. The fourth-order valence-corrected chi connectivity index (χ4v) is 2.55. The second-order valence-electron chi connectivity index (χ2n) is 3.95. The minimum Gasteiger partial charge on any atom is -0.347 e. The van der Waals surface area contributed by atoms with Gasteiger partial charge in [0.25, 0.3) is 11.6 Å². The highest BCUT2D eigenvalue weighted by Crippen LogP contribution is 2.22. The Kier molecular flexibility index (Phi) is 4.31. The van der Waals surface area contributed by atoms with Crippen molar-refractivity contribution in [2.75, 3.05) is 0 Å². The first-order valence-corrected chi connectivity index (χ1v) is 6.80. The van der Waals surface area contributed by atoms with Crippen LogP contribution in [0.3, 0.4) is 0 Å². The summed E-state index contributed by atoms with van der Waals surface area (Å²) < 4.78 is 0. The van der Waals surface area contributed by atoms with Crippen molar-refractivity contribution in [1.82, 2.24) is 10.3 Å². The normalized spacial score (nSPS) is 10.3. The molecule has 0 aliphatic heterocycles. The summed E-state index contributed by atoms with van der Waals surface area (Å²) in [7, 11) is 0. The van der Waals surface area contributed by atoms with Gasteiger partial charge in [-0.15, -0.1) is 11.3 Å². The number of amides is 1. The van der Waals surface area contributed by atoms with Crippen LogP contribution in [0.2, 0.25) is 5.02 Å². The molecule has 0 saturated carbocycles. The first-order chi connectivity index (χ1) is 9.47. The highest BCUT2D eigenvalue weighted by molar-refractivity contribution is 7.11. The van der Waals surface area contributed by atoms with Crippen molar-refractivity contribution in [2.24, 2.45) is 0 Å². The van der Waals surface area contributed by atoms with E-state index in [0.29, 0.717) is 6.54 Å². The summed E-state index contributed by atoms with van der Waals surface area (Å²) in [6.07, 6.45) is 1.69. The van der Waals surface area contributed by atoms with Gasteiger partial charge in [-0.25, -0.2) is 4.98 Å². The van der Waals surface area contributed by atoms with Crippen molar-refractivity contribution in [3.63, 3.8) is 0 Å². The summed E-state index contributed by atoms with van der Waals surface area (Å²) in [5, 5.41) is 14.3. The number of halogens is 1. The van der Waals surface area contributed by atoms with E-state index in [4.69, 9.17) is 11.6 Å². The van der Waals surface area contributed by atoms with E-state index in [9.17, 15) is 14.9 Å². The van der Waals surface area contributed by atoms with Gasteiger partial charge in [0.2, 0.25) is 0 Å². The molecule has 1 amide bonds. The molecular weight excluding hydrogens is 302 g/mol. The molecule has 104 valence electrons. The van der Waals surface area contributed by atoms with Crippen LogP contribution in [-0.4, -0.2) is 15.8 Å². The largest absolute Gasteiger partial charge is 0.347 e. The number of nitrogens with one attached hydrogen (secondary N) is 1. The molecule has 0 atom stereocenters. The van der Waals surface area contributed by atoms with Crippen molar-refractivity contribution in [3.05, 3.63) is 55.0 Å². The first kappa shape index (κ1) is 14.4. The number of hydrogen-bond donors (Lipinski definition) is 1. The number of nitrogens with zero attached hydrogens (tertiary/aromatic N) is 2. The fraction of sp³-hybridized carbons (Fsp3) is 0.167. The van der Waals surface area contributed by atoms with Gasteiger partial charge in [-0.1, -0.05) is 11.6 Å². The van der Waals surface area contributed by atoms with Crippen molar-refractivity contribution in [3.8, 4) is 0 Å². The van der Waals surface area contributed by atoms with Crippen molar-refractivity contribution in [1.29, 1.82) is 0 Å². The van der Waals surface area contributed by atoms with Gasteiger partial charge in [0.15, 0.2) is 0 Å². The van der Waals surface area contributed by atoms with Crippen LogP contribution >= 0.6 is 22.9 Å². The molecule has 1 aromatic heterocycles. The molecule has 1 aromatic carbocycles. The minimum absolute atomic E-state index is 0.0529. The molecule has 0 radical (unpaired) electrons. The second kappa shape index (κ2) is 5.98. The number of hydrogen-bond acceptors (Lipinski definition) is 5. The van der Waals surface area contributed by atoms with Gasteiger partial charge >= 0.3 is 0 Å². The Morgan fingerprint density at radius 3 is 2.85 bits per heavy atom. The van der Waals surface area contributed by atoms with Crippen molar-refractivity contribution >= 4 is 34.5 Å². The molecule has 20 heavy (non-hydrogen) atoms. The molecule has 0 bridgehead atoms. The van der Waals surface area contributed by atoms with Crippen LogP contribution in [0.25, 0.3) is 0 Å². The smallest absolute Gasteiger partial charge is 0.270 e. The van der Waals surface area contributed by atoms with Gasteiger partial charge in [-0.05, 0) is 13.0 Å². The van der Waals surface area contributed by atoms with Crippen LogP contribution < -0.4 is 5.32 Å². The van der Waals surface area contributed by atoms with Crippen LogP contribution in [-0.2, 0) is 6.54 Å². The van der Waals surface area contributed by atoms with Crippen LogP contribution in [0.5, 0.6) is 0 Å². The molecular formula is C12H10ClN3O3S. The summed E-state index contributed by atoms with van der Waals surface area (Å²) in [6, 6.07) is 3.75. The van der Waals surface area contributed by atoms with Gasteiger partial charge in [-0.2, -0.15) is 0 Å². The Bertz CT molecular complexity index is 672. The molecule has 0 aliphatic carbocycles. The highest BCUT2D eigenvalue weighted by atomic mass is 35.5. The van der Waals surface area contributed by atoms with Crippen molar-refractivity contribution < 1.29 is 9.72 Å². The van der Waals surface area contributed by atoms with Gasteiger partial charge in [-0.3, -0.25) is 14.9 Å². The van der Waals surface area contributed by atoms with Crippen LogP contribution in [0.1, 0.15) is 20.2 Å². The number of nitro groups is 1. The Morgan fingerprint density at radius 2 is 2.30 bits per heavy atom. The van der Waals surface area contributed by atoms with E-state index in [1.165, 1.54) is 23.5 Å². The first-order valence-electron chi connectivity index (χ1n) is 5.61. The lowest BCUT2D eigenvalue weighted by Crippen LogP contribution is -2.22. The quantitative estimate of drug-likeness (QED) is 0.695. The standard InChI is InChI=1S/C12H10ClN3O3S/c1-7-14-5-9(20-7)6-15-12(17)10-3-2-8(16(18)19)4-11(10)13/h2-5H,6H2,1H3,(H,15,17). The molecule has 0 unspecified atom stereocenters. The Labute approximate surface area is 123 Å². The van der Waals surface area contributed by atoms with E-state index in [2.05, 4.69) is 10.3 Å². The Morgan fingerprint density at radius 1 is 1.55 bits per heavy atom. The van der Waals surface area contributed by atoms with E-state index in [1.807, 2.05) is 6.92 Å². The van der Waals surface area contributed by atoms with Crippen LogP contribution in [0, 0.1) is 17.0 Å². The Hall–Kier alpha value is -1.99. The van der Waals surface area contributed by atoms with Crippen LogP contribution in [0.15, 0.2) is 24.4 Å². The zero-order chi connectivity index (χ0) is 14.7. The zero-order valence-corrected chi connectivity index (χ0v) is 12.0. The van der Waals surface area contributed by atoms with Gasteiger partial charge in [0, 0.05) is 23.2 Å². The number of nitro benzene ring substituents is 1. The average molecular weight is 312 g/mol. The summed E-state index contributed by atoms with van der Waals surface area (Å²) in [5.41, 5.74) is 0.0585. The van der Waals surface area contributed by atoms with E-state index in [1.54, 1.807) is 6.20 Å². The third kappa shape index (κ3) is 3.31. The molecule has 8 heteroatoms. The summed E-state index contributed by atoms with van der Waals surface area (Å²) in [4.78, 5) is 27.0. The topological polar surface area (TPSA) is 85.1 Å². The predicted octanol–water partition coefficient (Wildman–Crippen LogP) is 2.94. The molecule has 0 spiro atoms. The lowest BCUT2D eigenvalue weighted by atomic mass is 10.2. The average Bonchev–Trinajstić information content (AvgIpc) is 2.81. The van der Waals surface area contributed by atoms with Crippen molar-refractivity contribution in [2.45, 2.75) is 13.5 Å². The molecule has 6 nitrogen and oxygen atoms in total. The molecule has 2 rings (SSSR count). The number of carbonyl (C=O) groups excluding carboxylic acids is 1. The molecule has 0 aliphatic rings. The fourth-order valence-electron chi connectivity index (χ4n) is 1.55. The maximum atomic E-state index is 11.9. The lowest BCUT2D eigenvalue weighted by Gasteiger charge is -2.05. The maximum Gasteiger partial charge on any atom is 0.270 e.